The lowest BCUT2D eigenvalue weighted by Crippen LogP contribution is -1.77. The smallest absolute Gasteiger partial charge is 0.00886 e. The van der Waals surface area contributed by atoms with Crippen LogP contribution in [0.2, 0.25) is 0 Å². The predicted molar refractivity (Wildman–Crippen MR) is 56.1 cm³/mol. The first-order chi connectivity index (χ1) is 5.91. The molecule has 0 N–H and O–H groups in total. The molecule has 70 valence electrons. The topological polar surface area (TPSA) is 0 Å². The lowest BCUT2D eigenvalue weighted by molar-refractivity contribution is 0.614. The van der Waals surface area contributed by atoms with Gasteiger partial charge >= 0.3 is 0 Å². The molecule has 0 aromatic carbocycles. The summed E-state index contributed by atoms with van der Waals surface area (Å²) < 4.78 is 0. The van der Waals surface area contributed by atoms with Crippen molar-refractivity contribution in [2.45, 2.75) is 65.2 Å². The van der Waals surface area contributed by atoms with Crippen LogP contribution in [-0.4, -0.2) is 0 Å². The van der Waals surface area contributed by atoms with Gasteiger partial charge in [0.1, 0.15) is 0 Å². The largest absolute Gasteiger partial charge is 0.104 e. The lowest BCUT2D eigenvalue weighted by atomic mass is 10.1. The molecule has 0 unspecified atom stereocenters. The van der Waals surface area contributed by atoms with Crippen LogP contribution in [0.5, 0.6) is 0 Å². The molecule has 0 bridgehead atoms. The van der Waals surface area contributed by atoms with Crippen LogP contribution >= 0.6 is 0 Å². The molecule has 0 aliphatic rings. The van der Waals surface area contributed by atoms with Crippen LogP contribution < -0.4 is 0 Å². The van der Waals surface area contributed by atoms with Crippen molar-refractivity contribution in [2.24, 2.45) is 0 Å². The minimum absolute atomic E-state index is 1.01. The molecule has 0 heteroatoms. The van der Waals surface area contributed by atoms with Crippen molar-refractivity contribution in [3.63, 3.8) is 0 Å². The average Bonchev–Trinajstić information content (AvgIpc) is 2.10. The summed E-state index contributed by atoms with van der Waals surface area (Å²) in [5, 5.41) is 0. The first-order valence-corrected chi connectivity index (χ1v) is 5.37. The molecule has 0 aliphatic carbocycles. The standard InChI is InChI=1S/C12H22/c1-3-5-7-9-11-12-10-8-6-4-2/h3-5,7,9-12H2,1-2H3. The zero-order valence-corrected chi connectivity index (χ0v) is 8.66. The molecule has 0 saturated carbocycles. The second kappa shape index (κ2) is 10.6. The molecule has 0 radical (unpaired) electrons. The zero-order valence-electron chi connectivity index (χ0n) is 8.66. The maximum absolute atomic E-state index is 3.18. The Morgan fingerprint density at radius 2 is 1.42 bits per heavy atom. The van der Waals surface area contributed by atoms with E-state index in [0.29, 0.717) is 0 Å². The van der Waals surface area contributed by atoms with Gasteiger partial charge in [0.15, 0.2) is 0 Å². The summed E-state index contributed by atoms with van der Waals surface area (Å²) in [6.07, 6.45) is 10.4. The van der Waals surface area contributed by atoms with E-state index >= 15 is 0 Å². The fraction of sp³-hybridized carbons (Fsp3) is 0.833. The van der Waals surface area contributed by atoms with Gasteiger partial charge < -0.3 is 0 Å². The summed E-state index contributed by atoms with van der Waals surface area (Å²) in [5.41, 5.74) is 0. The van der Waals surface area contributed by atoms with Gasteiger partial charge in [-0.25, -0.2) is 0 Å². The number of hydrogen-bond donors (Lipinski definition) is 0. The number of unbranched alkanes of at least 4 members (excludes halogenated alkanes) is 6. The van der Waals surface area contributed by atoms with Crippen molar-refractivity contribution in [3.8, 4) is 11.8 Å². The van der Waals surface area contributed by atoms with Crippen LogP contribution in [-0.2, 0) is 0 Å². The summed E-state index contributed by atoms with van der Waals surface area (Å²) in [6.45, 7) is 4.36. The van der Waals surface area contributed by atoms with Gasteiger partial charge in [-0.1, -0.05) is 46.0 Å². The fourth-order valence-corrected chi connectivity index (χ4v) is 1.21. The normalized spacial score (nSPS) is 9.17. The summed E-state index contributed by atoms with van der Waals surface area (Å²) in [4.78, 5) is 0. The molecule has 0 aromatic heterocycles. The van der Waals surface area contributed by atoms with E-state index in [1.807, 2.05) is 0 Å². The summed E-state index contributed by atoms with van der Waals surface area (Å²) in [5.74, 6) is 6.28. The molecule has 0 spiro atoms. The second-order valence-corrected chi connectivity index (χ2v) is 3.22. The van der Waals surface area contributed by atoms with E-state index in [4.69, 9.17) is 0 Å². The predicted octanol–water partition coefficient (Wildman–Crippen LogP) is 4.15. The van der Waals surface area contributed by atoms with Crippen LogP contribution in [0.15, 0.2) is 0 Å². The zero-order chi connectivity index (χ0) is 9.07. The molecule has 0 atom stereocenters. The van der Waals surface area contributed by atoms with Gasteiger partial charge in [-0.05, 0) is 6.42 Å². The fourth-order valence-electron chi connectivity index (χ4n) is 1.21. The maximum atomic E-state index is 3.18. The molecular weight excluding hydrogens is 144 g/mol. The van der Waals surface area contributed by atoms with E-state index in [1.165, 1.54) is 38.5 Å². The molecule has 12 heavy (non-hydrogen) atoms. The highest BCUT2D eigenvalue weighted by Gasteiger charge is 1.87. The van der Waals surface area contributed by atoms with Crippen LogP contribution in [0.3, 0.4) is 0 Å². The third-order valence-electron chi connectivity index (χ3n) is 1.96. The maximum Gasteiger partial charge on any atom is 0.00886 e. The van der Waals surface area contributed by atoms with Crippen LogP contribution in [0.25, 0.3) is 0 Å². The Kier molecular flexibility index (Phi) is 10.2. The monoisotopic (exact) mass is 166 g/mol. The molecule has 0 amide bonds. The Balaban J connectivity index is 2.91. The first kappa shape index (κ1) is 11.6. The van der Waals surface area contributed by atoms with Gasteiger partial charge in [0, 0.05) is 12.8 Å². The van der Waals surface area contributed by atoms with Crippen molar-refractivity contribution in [1.82, 2.24) is 0 Å². The van der Waals surface area contributed by atoms with Crippen molar-refractivity contribution in [2.75, 3.05) is 0 Å². The van der Waals surface area contributed by atoms with E-state index in [-0.39, 0.29) is 0 Å². The van der Waals surface area contributed by atoms with E-state index in [9.17, 15) is 0 Å². The van der Waals surface area contributed by atoms with E-state index in [1.54, 1.807) is 0 Å². The Labute approximate surface area is 77.8 Å². The van der Waals surface area contributed by atoms with Gasteiger partial charge in [0.2, 0.25) is 0 Å². The minimum atomic E-state index is 1.01. The van der Waals surface area contributed by atoms with Crippen LogP contribution in [0.1, 0.15) is 65.2 Å². The Bertz CT molecular complexity index is 125. The number of hydrogen-bond acceptors (Lipinski definition) is 0. The minimum Gasteiger partial charge on any atom is -0.104 e. The van der Waals surface area contributed by atoms with Gasteiger partial charge in [-0.15, -0.1) is 11.8 Å². The first-order valence-electron chi connectivity index (χ1n) is 5.37. The van der Waals surface area contributed by atoms with E-state index in [0.717, 1.165) is 12.8 Å². The van der Waals surface area contributed by atoms with Gasteiger partial charge in [-0.3, -0.25) is 0 Å². The quantitative estimate of drug-likeness (QED) is 0.411. The molecule has 0 aromatic rings. The van der Waals surface area contributed by atoms with E-state index < -0.39 is 0 Å². The van der Waals surface area contributed by atoms with Gasteiger partial charge in [-0.2, -0.15) is 0 Å². The molecule has 0 heterocycles. The highest BCUT2D eigenvalue weighted by atomic mass is 13.9. The SMILES string of the molecule is CCC#CCCCCCCCC. The van der Waals surface area contributed by atoms with Gasteiger partial charge in [0.25, 0.3) is 0 Å². The number of rotatable bonds is 6. The molecule has 0 nitrogen and oxygen atoms in total. The van der Waals surface area contributed by atoms with Crippen molar-refractivity contribution < 1.29 is 0 Å². The van der Waals surface area contributed by atoms with E-state index in [2.05, 4.69) is 25.7 Å². The van der Waals surface area contributed by atoms with Crippen LogP contribution in [0, 0.1) is 11.8 Å². The molecule has 0 aliphatic heterocycles. The Morgan fingerprint density at radius 3 is 2.08 bits per heavy atom. The highest BCUT2D eigenvalue weighted by Crippen LogP contribution is 2.05. The van der Waals surface area contributed by atoms with Crippen molar-refractivity contribution in [1.29, 1.82) is 0 Å². The molecule has 0 saturated heterocycles. The van der Waals surface area contributed by atoms with Crippen LogP contribution in [0.4, 0.5) is 0 Å². The summed E-state index contributed by atoms with van der Waals surface area (Å²) in [7, 11) is 0. The van der Waals surface area contributed by atoms with Crippen molar-refractivity contribution in [3.05, 3.63) is 0 Å². The molecule has 0 fully saturated rings. The lowest BCUT2D eigenvalue weighted by Gasteiger charge is -1.96. The second-order valence-electron chi connectivity index (χ2n) is 3.22. The highest BCUT2D eigenvalue weighted by molar-refractivity contribution is 4.97. The molecular formula is C12H22. The van der Waals surface area contributed by atoms with Gasteiger partial charge in [0.05, 0.1) is 0 Å². The Morgan fingerprint density at radius 1 is 0.750 bits per heavy atom. The van der Waals surface area contributed by atoms with Crippen molar-refractivity contribution >= 4 is 0 Å². The third kappa shape index (κ3) is 9.56. The Hall–Kier alpha value is -0.440. The molecule has 0 rings (SSSR count). The summed E-state index contributed by atoms with van der Waals surface area (Å²) in [6, 6.07) is 0. The average molecular weight is 166 g/mol. The third-order valence-corrected chi connectivity index (χ3v) is 1.96. The summed E-state index contributed by atoms with van der Waals surface area (Å²) >= 11 is 0.